The molecule has 1 amide bonds. The predicted molar refractivity (Wildman–Crippen MR) is 72.1 cm³/mol. The van der Waals surface area contributed by atoms with Gasteiger partial charge >= 0.3 is 0 Å². The molecule has 18 heavy (non-hydrogen) atoms. The van der Waals surface area contributed by atoms with Gasteiger partial charge in [-0.05, 0) is 38.3 Å². The summed E-state index contributed by atoms with van der Waals surface area (Å²) in [5, 5.41) is 11.8. The van der Waals surface area contributed by atoms with Crippen LogP contribution in [0.2, 0.25) is 0 Å². The summed E-state index contributed by atoms with van der Waals surface area (Å²) >= 11 is 0. The second-order valence-corrected chi connectivity index (χ2v) is 4.95. The number of amides is 1. The first-order valence-corrected chi connectivity index (χ1v) is 6.18. The van der Waals surface area contributed by atoms with Gasteiger partial charge in [-0.1, -0.05) is 30.7 Å². The van der Waals surface area contributed by atoms with E-state index in [-0.39, 0.29) is 5.91 Å². The van der Waals surface area contributed by atoms with Gasteiger partial charge in [-0.15, -0.1) is 0 Å². The van der Waals surface area contributed by atoms with Crippen LogP contribution in [0.4, 0.5) is 0 Å². The van der Waals surface area contributed by atoms with Crippen molar-refractivity contribution in [1.29, 1.82) is 5.26 Å². The lowest BCUT2D eigenvalue weighted by Crippen LogP contribution is -2.45. The molecule has 0 fully saturated rings. The Morgan fingerprint density at radius 1 is 1.44 bits per heavy atom. The molecule has 1 N–H and O–H groups in total. The minimum atomic E-state index is -0.769. The van der Waals surface area contributed by atoms with E-state index in [1.807, 2.05) is 39.0 Å². The first-order chi connectivity index (χ1) is 8.40. The fraction of sp³-hybridized carbons (Fsp3) is 0.467. The molecule has 0 bridgehead atoms. The van der Waals surface area contributed by atoms with Crippen LogP contribution in [0.1, 0.15) is 37.0 Å². The van der Waals surface area contributed by atoms with Crippen molar-refractivity contribution in [1.82, 2.24) is 5.32 Å². The maximum Gasteiger partial charge on any atom is 0.225 e. The number of benzene rings is 1. The summed E-state index contributed by atoms with van der Waals surface area (Å²) in [6.07, 6.45) is 0.923. The van der Waals surface area contributed by atoms with E-state index in [2.05, 4.69) is 11.4 Å². The van der Waals surface area contributed by atoms with E-state index in [0.29, 0.717) is 12.8 Å². The zero-order chi connectivity index (χ0) is 13.8. The Morgan fingerprint density at radius 2 is 2.11 bits per heavy atom. The first-order valence-electron chi connectivity index (χ1n) is 6.18. The topological polar surface area (TPSA) is 52.9 Å². The van der Waals surface area contributed by atoms with Crippen molar-refractivity contribution in [2.75, 3.05) is 0 Å². The van der Waals surface area contributed by atoms with Crippen LogP contribution in [0, 0.1) is 25.2 Å². The number of aryl methyl sites for hydroxylation is 2. The third-order valence-electron chi connectivity index (χ3n) is 3.22. The molecule has 3 nitrogen and oxygen atoms in total. The Labute approximate surface area is 109 Å². The Hall–Kier alpha value is -1.82. The summed E-state index contributed by atoms with van der Waals surface area (Å²) in [5.41, 5.74) is 2.49. The van der Waals surface area contributed by atoms with E-state index in [9.17, 15) is 4.79 Å². The molecule has 0 saturated carbocycles. The highest BCUT2D eigenvalue weighted by Gasteiger charge is 2.23. The normalized spacial score (nSPS) is 13.5. The van der Waals surface area contributed by atoms with Crippen LogP contribution >= 0.6 is 0 Å². The molecule has 0 aromatic heterocycles. The smallest absolute Gasteiger partial charge is 0.225 e. The summed E-state index contributed by atoms with van der Waals surface area (Å²) in [6, 6.07) is 8.20. The summed E-state index contributed by atoms with van der Waals surface area (Å²) in [5.74, 6) is -0.102. The van der Waals surface area contributed by atoms with Gasteiger partial charge in [0.05, 0.1) is 12.5 Å². The monoisotopic (exact) mass is 244 g/mol. The highest BCUT2D eigenvalue weighted by atomic mass is 16.1. The second kappa shape index (κ2) is 5.68. The summed E-state index contributed by atoms with van der Waals surface area (Å²) < 4.78 is 0. The molecule has 3 heteroatoms. The van der Waals surface area contributed by atoms with Crippen LogP contribution in [0.15, 0.2) is 18.2 Å². The lowest BCUT2D eigenvalue weighted by atomic mass is 9.99. The van der Waals surface area contributed by atoms with Crippen molar-refractivity contribution in [2.45, 2.75) is 46.1 Å². The molecule has 0 aliphatic carbocycles. The van der Waals surface area contributed by atoms with Gasteiger partial charge in [-0.25, -0.2) is 0 Å². The van der Waals surface area contributed by atoms with E-state index in [0.717, 1.165) is 16.7 Å². The largest absolute Gasteiger partial charge is 0.338 e. The van der Waals surface area contributed by atoms with E-state index < -0.39 is 5.54 Å². The number of rotatable bonds is 4. The number of nitrogens with one attached hydrogen (secondary N) is 1. The van der Waals surface area contributed by atoms with Crippen LogP contribution in [0.5, 0.6) is 0 Å². The maximum atomic E-state index is 11.9. The summed E-state index contributed by atoms with van der Waals surface area (Å²) in [6.45, 7) is 7.63. The average Bonchev–Trinajstić information content (AvgIpc) is 2.33. The Bertz CT molecular complexity index is 488. The van der Waals surface area contributed by atoms with Crippen LogP contribution < -0.4 is 5.32 Å². The number of hydrogen-bond acceptors (Lipinski definition) is 2. The van der Waals surface area contributed by atoms with Crippen molar-refractivity contribution in [2.24, 2.45) is 0 Å². The Morgan fingerprint density at radius 3 is 2.67 bits per heavy atom. The van der Waals surface area contributed by atoms with Gasteiger partial charge in [0.2, 0.25) is 5.91 Å². The van der Waals surface area contributed by atoms with Gasteiger partial charge in [0.1, 0.15) is 5.54 Å². The second-order valence-electron chi connectivity index (χ2n) is 4.95. The standard InChI is InChI=1S/C15H20N2O/c1-5-15(4,10-16)17-14(18)9-13-8-11(2)6-7-12(13)3/h6-8H,5,9H2,1-4H3,(H,17,18). The maximum absolute atomic E-state index is 11.9. The molecule has 0 aliphatic heterocycles. The van der Waals surface area contributed by atoms with Crippen molar-refractivity contribution in [3.63, 3.8) is 0 Å². The number of nitrogens with zero attached hydrogens (tertiary/aromatic N) is 1. The molecule has 0 radical (unpaired) electrons. The molecule has 96 valence electrons. The lowest BCUT2D eigenvalue weighted by Gasteiger charge is -2.21. The van der Waals surface area contributed by atoms with E-state index in [4.69, 9.17) is 5.26 Å². The van der Waals surface area contributed by atoms with E-state index >= 15 is 0 Å². The van der Waals surface area contributed by atoms with Gasteiger partial charge in [-0.3, -0.25) is 4.79 Å². The van der Waals surface area contributed by atoms with Gasteiger partial charge in [0.25, 0.3) is 0 Å². The minimum absolute atomic E-state index is 0.102. The van der Waals surface area contributed by atoms with Gasteiger partial charge < -0.3 is 5.32 Å². The van der Waals surface area contributed by atoms with Crippen LogP contribution in [-0.2, 0) is 11.2 Å². The fourth-order valence-electron chi connectivity index (χ4n) is 1.71. The van der Waals surface area contributed by atoms with Crippen molar-refractivity contribution in [3.8, 4) is 6.07 Å². The number of hydrogen-bond donors (Lipinski definition) is 1. The lowest BCUT2D eigenvalue weighted by molar-refractivity contribution is -0.121. The molecule has 0 aliphatic rings. The Balaban J connectivity index is 2.77. The molecule has 1 aromatic rings. The molecule has 0 spiro atoms. The number of nitriles is 1. The molecule has 0 saturated heterocycles. The van der Waals surface area contributed by atoms with Gasteiger partial charge in [0, 0.05) is 0 Å². The van der Waals surface area contributed by atoms with Gasteiger partial charge in [-0.2, -0.15) is 5.26 Å². The molecular formula is C15H20N2O. The molecule has 1 rings (SSSR count). The van der Waals surface area contributed by atoms with E-state index in [1.165, 1.54) is 0 Å². The molecule has 1 unspecified atom stereocenters. The SMILES string of the molecule is CCC(C)(C#N)NC(=O)Cc1cc(C)ccc1C. The molecule has 0 heterocycles. The molecule has 1 atom stereocenters. The third-order valence-corrected chi connectivity index (χ3v) is 3.22. The van der Waals surface area contributed by atoms with Crippen LogP contribution in [0.3, 0.4) is 0 Å². The van der Waals surface area contributed by atoms with Gasteiger partial charge in [0.15, 0.2) is 0 Å². The van der Waals surface area contributed by atoms with Crippen LogP contribution in [0.25, 0.3) is 0 Å². The Kier molecular flexibility index (Phi) is 4.49. The minimum Gasteiger partial charge on any atom is -0.338 e. The third kappa shape index (κ3) is 3.59. The highest BCUT2D eigenvalue weighted by Crippen LogP contribution is 2.13. The van der Waals surface area contributed by atoms with Crippen LogP contribution in [-0.4, -0.2) is 11.4 Å². The van der Waals surface area contributed by atoms with Crippen molar-refractivity contribution >= 4 is 5.91 Å². The van der Waals surface area contributed by atoms with Crippen molar-refractivity contribution in [3.05, 3.63) is 34.9 Å². The highest BCUT2D eigenvalue weighted by molar-refractivity contribution is 5.80. The quantitative estimate of drug-likeness (QED) is 0.885. The number of carbonyl (C=O) groups is 1. The number of carbonyl (C=O) groups excluding carboxylic acids is 1. The predicted octanol–water partition coefficient (Wildman–Crippen LogP) is 2.65. The zero-order valence-corrected chi connectivity index (χ0v) is 11.5. The fourth-order valence-corrected chi connectivity index (χ4v) is 1.71. The van der Waals surface area contributed by atoms with E-state index in [1.54, 1.807) is 6.92 Å². The summed E-state index contributed by atoms with van der Waals surface area (Å²) in [4.78, 5) is 11.9. The summed E-state index contributed by atoms with van der Waals surface area (Å²) in [7, 11) is 0. The molecule has 1 aromatic carbocycles. The molecular weight excluding hydrogens is 224 g/mol. The zero-order valence-electron chi connectivity index (χ0n) is 11.5. The first kappa shape index (κ1) is 14.2. The van der Waals surface area contributed by atoms with Crippen molar-refractivity contribution < 1.29 is 4.79 Å². The average molecular weight is 244 g/mol.